The summed E-state index contributed by atoms with van der Waals surface area (Å²) in [5, 5.41) is 4.33. The van der Waals surface area contributed by atoms with E-state index in [9.17, 15) is 8.42 Å². The summed E-state index contributed by atoms with van der Waals surface area (Å²) in [4.78, 5) is 0.311. The molecule has 0 bridgehead atoms. The number of sulfonamides is 1. The minimum atomic E-state index is -3.69. The van der Waals surface area contributed by atoms with Crippen LogP contribution in [0, 0.1) is 20.8 Å². The van der Waals surface area contributed by atoms with Crippen LogP contribution in [-0.2, 0) is 16.6 Å². The van der Waals surface area contributed by atoms with E-state index >= 15 is 0 Å². The molecule has 0 saturated heterocycles. The molecule has 3 rings (SSSR count). The number of halogens is 1. The van der Waals surface area contributed by atoms with Gasteiger partial charge in [0, 0.05) is 16.7 Å². The largest absolute Gasteiger partial charge is 0.266 e. The second-order valence-corrected chi connectivity index (χ2v) is 8.89. The summed E-state index contributed by atoms with van der Waals surface area (Å²) in [5.74, 6) is 0.307. The van der Waals surface area contributed by atoms with Gasteiger partial charge in [0.1, 0.15) is 0 Å². The molecule has 0 saturated carbocycles. The maximum atomic E-state index is 12.8. The smallest absolute Gasteiger partial charge is 0.263 e. The molecule has 7 heteroatoms. The quantitative estimate of drug-likeness (QED) is 0.647. The van der Waals surface area contributed by atoms with E-state index in [0.717, 1.165) is 26.7 Å². The van der Waals surface area contributed by atoms with Gasteiger partial charge in [0.05, 0.1) is 11.4 Å². The van der Waals surface area contributed by atoms with Gasteiger partial charge in [0.25, 0.3) is 10.0 Å². The Morgan fingerprint density at radius 1 is 1.04 bits per heavy atom. The lowest BCUT2D eigenvalue weighted by molar-refractivity contribution is 0.599. The van der Waals surface area contributed by atoms with Crippen LogP contribution in [0.4, 0.5) is 5.82 Å². The van der Waals surface area contributed by atoms with Gasteiger partial charge >= 0.3 is 0 Å². The SMILES string of the molecule is Cc1cc(C)c(S(=O)(=O)Nc2ccn(Cc3ccc(Br)cc3)n2)c(C)c1. The second-order valence-electron chi connectivity index (χ2n) is 6.36. The van der Waals surface area contributed by atoms with E-state index in [1.165, 1.54) is 0 Å². The first kappa shape index (κ1) is 18.7. The van der Waals surface area contributed by atoms with Gasteiger partial charge in [-0.25, -0.2) is 8.42 Å². The van der Waals surface area contributed by atoms with Gasteiger partial charge in [-0.15, -0.1) is 0 Å². The number of nitrogens with one attached hydrogen (secondary N) is 1. The van der Waals surface area contributed by atoms with Crippen molar-refractivity contribution in [2.24, 2.45) is 0 Å². The van der Waals surface area contributed by atoms with Crippen molar-refractivity contribution < 1.29 is 8.42 Å². The van der Waals surface area contributed by atoms with E-state index in [0.29, 0.717) is 17.3 Å². The number of nitrogens with zero attached hydrogens (tertiary/aromatic N) is 2. The summed E-state index contributed by atoms with van der Waals surface area (Å²) in [6.07, 6.45) is 1.76. The van der Waals surface area contributed by atoms with Crippen molar-refractivity contribution in [3.8, 4) is 0 Å². The number of benzene rings is 2. The molecule has 5 nitrogen and oxygen atoms in total. The molecule has 0 radical (unpaired) electrons. The number of anilines is 1. The summed E-state index contributed by atoms with van der Waals surface area (Å²) in [5.41, 5.74) is 3.57. The Labute approximate surface area is 162 Å². The molecule has 0 aliphatic carbocycles. The number of hydrogen-bond acceptors (Lipinski definition) is 3. The standard InChI is InChI=1S/C19H20BrN3O2S/c1-13-10-14(2)19(15(3)11-13)26(24,25)22-18-8-9-23(21-18)12-16-4-6-17(20)7-5-16/h4-11H,12H2,1-3H3,(H,21,22). The lowest BCUT2D eigenvalue weighted by Gasteiger charge is -2.12. The predicted molar refractivity (Wildman–Crippen MR) is 107 cm³/mol. The highest BCUT2D eigenvalue weighted by Crippen LogP contribution is 2.24. The van der Waals surface area contributed by atoms with E-state index in [1.807, 2.05) is 43.3 Å². The van der Waals surface area contributed by atoms with Gasteiger partial charge in [0.15, 0.2) is 5.82 Å². The third kappa shape index (κ3) is 4.16. The Bertz CT molecular complexity index is 1020. The monoisotopic (exact) mass is 433 g/mol. The van der Waals surface area contributed by atoms with E-state index < -0.39 is 10.0 Å². The third-order valence-corrected chi connectivity index (χ3v) is 6.20. The normalized spacial score (nSPS) is 11.5. The molecule has 3 aromatic rings. The minimum absolute atomic E-state index is 0.307. The van der Waals surface area contributed by atoms with Crippen LogP contribution in [0.15, 0.2) is 58.0 Å². The van der Waals surface area contributed by atoms with Gasteiger partial charge < -0.3 is 0 Å². The average Bonchev–Trinajstić information content (AvgIpc) is 2.94. The van der Waals surface area contributed by atoms with Crippen molar-refractivity contribution in [3.63, 3.8) is 0 Å². The number of rotatable bonds is 5. The van der Waals surface area contributed by atoms with Gasteiger partial charge in [-0.05, 0) is 49.6 Å². The van der Waals surface area contributed by atoms with Gasteiger partial charge in [-0.2, -0.15) is 5.10 Å². The Morgan fingerprint density at radius 3 is 2.27 bits per heavy atom. The molecule has 0 amide bonds. The van der Waals surface area contributed by atoms with Crippen LogP contribution in [0.5, 0.6) is 0 Å². The zero-order chi connectivity index (χ0) is 18.9. The number of hydrogen-bond donors (Lipinski definition) is 1. The van der Waals surface area contributed by atoms with Crippen molar-refractivity contribution in [1.82, 2.24) is 9.78 Å². The molecule has 1 N–H and O–H groups in total. The lowest BCUT2D eigenvalue weighted by Crippen LogP contribution is -2.16. The highest BCUT2D eigenvalue weighted by molar-refractivity contribution is 9.10. The van der Waals surface area contributed by atoms with Crippen LogP contribution in [0.1, 0.15) is 22.3 Å². The zero-order valence-electron chi connectivity index (χ0n) is 14.8. The Balaban J connectivity index is 1.81. The molecule has 1 heterocycles. The zero-order valence-corrected chi connectivity index (χ0v) is 17.2. The fourth-order valence-corrected chi connectivity index (χ4v) is 4.78. The maximum Gasteiger partial charge on any atom is 0.263 e. The van der Waals surface area contributed by atoms with Crippen LogP contribution in [0.2, 0.25) is 0 Å². The summed E-state index contributed by atoms with van der Waals surface area (Å²) in [6, 6.07) is 13.3. The third-order valence-electron chi connectivity index (χ3n) is 4.01. The molecule has 136 valence electrons. The Hall–Kier alpha value is -2.12. The van der Waals surface area contributed by atoms with Gasteiger partial charge in [0.2, 0.25) is 0 Å². The first-order valence-corrected chi connectivity index (χ1v) is 10.4. The molecule has 2 aromatic carbocycles. The maximum absolute atomic E-state index is 12.8. The van der Waals surface area contributed by atoms with Crippen molar-refractivity contribution in [3.05, 3.63) is 75.4 Å². The second kappa shape index (κ2) is 7.25. The van der Waals surface area contributed by atoms with Crippen molar-refractivity contribution in [2.45, 2.75) is 32.2 Å². The first-order chi connectivity index (χ1) is 12.2. The van der Waals surface area contributed by atoms with E-state index in [-0.39, 0.29) is 0 Å². The van der Waals surface area contributed by atoms with Crippen LogP contribution in [0.3, 0.4) is 0 Å². The molecule has 1 aromatic heterocycles. The molecular formula is C19H20BrN3O2S. The number of aromatic nitrogens is 2. The average molecular weight is 434 g/mol. The van der Waals surface area contributed by atoms with Crippen molar-refractivity contribution in [2.75, 3.05) is 4.72 Å². The van der Waals surface area contributed by atoms with Crippen molar-refractivity contribution >= 4 is 31.8 Å². The molecule has 0 aliphatic heterocycles. The van der Waals surface area contributed by atoms with Gasteiger partial charge in [-0.3, -0.25) is 9.40 Å². The topological polar surface area (TPSA) is 64.0 Å². The Morgan fingerprint density at radius 2 is 1.65 bits per heavy atom. The minimum Gasteiger partial charge on any atom is -0.266 e. The van der Waals surface area contributed by atoms with Crippen LogP contribution in [-0.4, -0.2) is 18.2 Å². The van der Waals surface area contributed by atoms with E-state index in [2.05, 4.69) is 25.8 Å². The van der Waals surface area contributed by atoms with Crippen LogP contribution >= 0.6 is 15.9 Å². The highest BCUT2D eigenvalue weighted by atomic mass is 79.9. The molecule has 0 unspecified atom stereocenters. The molecule has 26 heavy (non-hydrogen) atoms. The summed E-state index contributed by atoms with van der Waals surface area (Å²) in [6.45, 7) is 6.13. The summed E-state index contributed by atoms with van der Waals surface area (Å²) < 4.78 is 30.9. The van der Waals surface area contributed by atoms with Gasteiger partial charge in [-0.1, -0.05) is 45.8 Å². The first-order valence-electron chi connectivity index (χ1n) is 8.13. The van der Waals surface area contributed by atoms with Crippen LogP contribution in [0.25, 0.3) is 0 Å². The highest BCUT2D eigenvalue weighted by Gasteiger charge is 2.21. The fourth-order valence-electron chi connectivity index (χ4n) is 3.06. The van der Waals surface area contributed by atoms with Crippen LogP contribution < -0.4 is 4.72 Å². The molecular weight excluding hydrogens is 414 g/mol. The van der Waals surface area contributed by atoms with E-state index in [4.69, 9.17) is 0 Å². The lowest BCUT2D eigenvalue weighted by atomic mass is 10.1. The molecule has 0 atom stereocenters. The summed E-state index contributed by atoms with van der Waals surface area (Å²) >= 11 is 3.41. The van der Waals surface area contributed by atoms with E-state index in [1.54, 1.807) is 30.8 Å². The molecule has 0 spiro atoms. The fraction of sp³-hybridized carbons (Fsp3) is 0.211. The molecule has 0 fully saturated rings. The summed E-state index contributed by atoms with van der Waals surface area (Å²) in [7, 11) is -3.69. The molecule has 0 aliphatic rings. The Kier molecular flexibility index (Phi) is 5.20. The predicted octanol–water partition coefficient (Wildman–Crippen LogP) is 4.42. The number of aryl methyl sites for hydroxylation is 3. The van der Waals surface area contributed by atoms with Crippen molar-refractivity contribution in [1.29, 1.82) is 0 Å².